The summed E-state index contributed by atoms with van der Waals surface area (Å²) in [6.45, 7) is 4.70. The number of benzene rings is 1. The second-order valence-electron chi connectivity index (χ2n) is 6.55. The van der Waals surface area contributed by atoms with Gasteiger partial charge in [0.2, 0.25) is 5.90 Å². The molecule has 26 heavy (non-hydrogen) atoms. The number of amides is 1. The molecule has 1 aliphatic carbocycles. The highest BCUT2D eigenvalue weighted by Gasteiger charge is 2.14. The Kier molecular flexibility index (Phi) is 8.06. The maximum absolute atomic E-state index is 13.2. The van der Waals surface area contributed by atoms with Gasteiger partial charge >= 0.3 is 0 Å². The van der Waals surface area contributed by atoms with Crippen molar-refractivity contribution < 1.29 is 13.9 Å². The lowest BCUT2D eigenvalue weighted by Gasteiger charge is -2.21. The Hall–Kier alpha value is -2.43. The van der Waals surface area contributed by atoms with Gasteiger partial charge in [0.15, 0.2) is 0 Å². The molecule has 0 heterocycles. The number of hydrogen-bond donors (Lipinski definition) is 1. The van der Waals surface area contributed by atoms with Crippen LogP contribution in [-0.2, 0) is 16.1 Å². The molecule has 1 aliphatic rings. The molecule has 0 spiro atoms. The average Bonchev–Trinajstić information content (AvgIpc) is 2.67. The van der Waals surface area contributed by atoms with E-state index in [1.807, 2.05) is 0 Å². The van der Waals surface area contributed by atoms with Crippen molar-refractivity contribution >= 4 is 11.8 Å². The van der Waals surface area contributed by atoms with Crippen LogP contribution in [0.4, 0.5) is 4.39 Å². The van der Waals surface area contributed by atoms with Crippen LogP contribution in [0.25, 0.3) is 0 Å². The third kappa shape index (κ3) is 6.82. The molecule has 0 bridgehead atoms. The minimum Gasteiger partial charge on any atom is -0.473 e. The van der Waals surface area contributed by atoms with E-state index in [1.165, 1.54) is 44.2 Å². The molecule has 4 nitrogen and oxygen atoms in total. The van der Waals surface area contributed by atoms with E-state index in [2.05, 4.69) is 16.9 Å². The number of aliphatic imine (C=N–C) groups is 1. The van der Waals surface area contributed by atoms with E-state index in [0.29, 0.717) is 29.5 Å². The second kappa shape index (κ2) is 10.5. The largest absolute Gasteiger partial charge is 0.473 e. The summed E-state index contributed by atoms with van der Waals surface area (Å²) >= 11 is 0. The molecular formula is C21H27FN2O2. The molecule has 1 amide bonds. The van der Waals surface area contributed by atoms with Gasteiger partial charge in [-0.1, -0.05) is 38.0 Å². The number of carbonyl (C=O) groups excluding carboxylic acids is 1. The van der Waals surface area contributed by atoms with Crippen LogP contribution in [0.2, 0.25) is 0 Å². The molecule has 1 aromatic carbocycles. The number of hydrogen-bond acceptors (Lipinski definition) is 3. The standard InChI is InChI=1S/C21H27FN2O2/c1-16(21(25)24-14-17-7-4-3-5-8-17)11-12-20(23-2)26-15-18-9-6-10-19(22)13-18/h6,9-13,17H,1,3-5,7-8,14-15H2,2H3,(H,24,25). The van der Waals surface area contributed by atoms with Gasteiger partial charge in [-0.05, 0) is 42.5 Å². The monoisotopic (exact) mass is 358 g/mol. The third-order valence-corrected chi connectivity index (χ3v) is 4.49. The molecular weight excluding hydrogens is 331 g/mol. The number of carbonyl (C=O) groups is 1. The van der Waals surface area contributed by atoms with Gasteiger partial charge in [-0.2, -0.15) is 0 Å². The van der Waals surface area contributed by atoms with E-state index < -0.39 is 0 Å². The lowest BCUT2D eigenvalue weighted by Crippen LogP contribution is -2.30. The van der Waals surface area contributed by atoms with Crippen molar-refractivity contribution in [1.82, 2.24) is 5.32 Å². The van der Waals surface area contributed by atoms with Gasteiger partial charge in [0.1, 0.15) is 12.4 Å². The topological polar surface area (TPSA) is 50.7 Å². The number of rotatable bonds is 7. The van der Waals surface area contributed by atoms with Crippen LogP contribution in [0.5, 0.6) is 0 Å². The molecule has 0 aliphatic heterocycles. The van der Waals surface area contributed by atoms with Crippen molar-refractivity contribution in [3.63, 3.8) is 0 Å². The molecule has 0 saturated heterocycles. The average molecular weight is 358 g/mol. The quantitative estimate of drug-likeness (QED) is 0.344. The maximum Gasteiger partial charge on any atom is 0.250 e. The van der Waals surface area contributed by atoms with E-state index in [0.717, 1.165) is 0 Å². The molecule has 5 heteroatoms. The van der Waals surface area contributed by atoms with Crippen LogP contribution in [0, 0.1) is 11.7 Å². The van der Waals surface area contributed by atoms with Gasteiger partial charge in [0.05, 0.1) is 0 Å². The van der Waals surface area contributed by atoms with Gasteiger partial charge in [-0.25, -0.2) is 4.39 Å². The normalized spacial score (nSPS) is 15.8. The first-order chi connectivity index (χ1) is 12.6. The minimum atomic E-state index is -0.306. The smallest absolute Gasteiger partial charge is 0.250 e. The van der Waals surface area contributed by atoms with Crippen molar-refractivity contribution in [3.8, 4) is 0 Å². The van der Waals surface area contributed by atoms with E-state index in [9.17, 15) is 9.18 Å². The van der Waals surface area contributed by atoms with Crippen molar-refractivity contribution in [1.29, 1.82) is 0 Å². The van der Waals surface area contributed by atoms with Crippen LogP contribution < -0.4 is 5.32 Å². The van der Waals surface area contributed by atoms with Crippen molar-refractivity contribution in [3.05, 3.63) is 60.0 Å². The maximum atomic E-state index is 13.2. The van der Waals surface area contributed by atoms with Gasteiger partial charge in [0, 0.05) is 25.2 Å². The Morgan fingerprint density at radius 3 is 2.81 bits per heavy atom. The van der Waals surface area contributed by atoms with Crippen LogP contribution in [0.1, 0.15) is 37.7 Å². The molecule has 0 unspecified atom stereocenters. The molecule has 1 fully saturated rings. The predicted molar refractivity (Wildman–Crippen MR) is 102 cm³/mol. The summed E-state index contributed by atoms with van der Waals surface area (Å²) < 4.78 is 18.7. The van der Waals surface area contributed by atoms with Crippen LogP contribution >= 0.6 is 0 Å². The summed E-state index contributed by atoms with van der Waals surface area (Å²) in [6.07, 6.45) is 9.35. The van der Waals surface area contributed by atoms with Gasteiger partial charge in [-0.3, -0.25) is 9.79 Å². The predicted octanol–water partition coefficient (Wildman–Crippen LogP) is 4.18. The van der Waals surface area contributed by atoms with Gasteiger partial charge < -0.3 is 10.1 Å². The lowest BCUT2D eigenvalue weighted by atomic mass is 9.89. The molecule has 0 atom stereocenters. The molecule has 1 aromatic rings. The Labute approximate surface area is 154 Å². The minimum absolute atomic E-state index is 0.174. The fourth-order valence-electron chi connectivity index (χ4n) is 2.96. The van der Waals surface area contributed by atoms with Gasteiger partial charge in [0.25, 0.3) is 5.91 Å². The highest BCUT2D eigenvalue weighted by molar-refractivity contribution is 5.97. The van der Waals surface area contributed by atoms with E-state index in [1.54, 1.807) is 31.3 Å². The number of halogens is 1. The molecule has 1 N–H and O–H groups in total. The highest BCUT2D eigenvalue weighted by Crippen LogP contribution is 2.22. The zero-order valence-corrected chi connectivity index (χ0v) is 15.3. The van der Waals surface area contributed by atoms with Gasteiger partial charge in [-0.15, -0.1) is 0 Å². The molecule has 1 saturated carbocycles. The summed E-state index contributed by atoms with van der Waals surface area (Å²) in [5, 5.41) is 2.95. The zero-order chi connectivity index (χ0) is 18.8. The summed E-state index contributed by atoms with van der Waals surface area (Å²) in [5.74, 6) is 0.453. The summed E-state index contributed by atoms with van der Waals surface area (Å²) in [6, 6.07) is 6.20. The summed E-state index contributed by atoms with van der Waals surface area (Å²) in [7, 11) is 1.59. The molecule has 140 valence electrons. The lowest BCUT2D eigenvalue weighted by molar-refractivity contribution is -0.117. The second-order valence-corrected chi connectivity index (χ2v) is 6.55. The summed E-state index contributed by atoms with van der Waals surface area (Å²) in [5.41, 5.74) is 1.07. The van der Waals surface area contributed by atoms with Crippen molar-refractivity contribution in [2.75, 3.05) is 13.6 Å². The Morgan fingerprint density at radius 1 is 1.35 bits per heavy atom. The Balaban J connectivity index is 1.77. The Morgan fingerprint density at radius 2 is 2.12 bits per heavy atom. The summed E-state index contributed by atoms with van der Waals surface area (Å²) in [4.78, 5) is 16.1. The fourth-order valence-corrected chi connectivity index (χ4v) is 2.96. The molecule has 2 rings (SSSR count). The van der Waals surface area contributed by atoms with Crippen LogP contribution in [0.3, 0.4) is 0 Å². The fraction of sp³-hybridized carbons (Fsp3) is 0.429. The number of nitrogens with zero attached hydrogens (tertiary/aromatic N) is 1. The van der Waals surface area contributed by atoms with E-state index >= 15 is 0 Å². The van der Waals surface area contributed by atoms with Crippen molar-refractivity contribution in [2.45, 2.75) is 38.7 Å². The number of ether oxygens (including phenoxy) is 1. The molecule has 0 radical (unpaired) electrons. The first-order valence-corrected chi connectivity index (χ1v) is 9.07. The SMILES string of the molecule is C=C(C=CC(=NC)OCc1cccc(F)c1)C(=O)NCC1CCCCC1. The zero-order valence-electron chi connectivity index (χ0n) is 15.3. The van der Waals surface area contributed by atoms with Crippen LogP contribution in [0.15, 0.2) is 53.6 Å². The van der Waals surface area contributed by atoms with Crippen molar-refractivity contribution in [2.24, 2.45) is 10.9 Å². The highest BCUT2D eigenvalue weighted by atomic mass is 19.1. The first kappa shape index (κ1) is 19.9. The first-order valence-electron chi connectivity index (χ1n) is 9.07. The van der Waals surface area contributed by atoms with E-state index in [4.69, 9.17) is 4.74 Å². The van der Waals surface area contributed by atoms with Crippen LogP contribution in [-0.4, -0.2) is 25.4 Å². The number of nitrogens with one attached hydrogen (secondary N) is 1. The third-order valence-electron chi connectivity index (χ3n) is 4.49. The Bertz CT molecular complexity index is 676. The molecule has 0 aromatic heterocycles. The van der Waals surface area contributed by atoms with E-state index in [-0.39, 0.29) is 18.3 Å².